The number of aliphatic carboxylic acids is 1. The molecular formula is C37H42N4O6. The summed E-state index contributed by atoms with van der Waals surface area (Å²) in [6.45, 7) is 0.181. The van der Waals surface area contributed by atoms with Crippen LogP contribution in [-0.2, 0) is 20.8 Å². The van der Waals surface area contributed by atoms with Crippen molar-refractivity contribution in [1.82, 2.24) is 5.32 Å². The first-order valence-corrected chi connectivity index (χ1v) is 16.4. The SMILES string of the molecule is CN(C(=O)COc1cccc(N(CC23CC4CC(CC(C4)C2)C3)C(=O)CNC(=O)Nc2cccc(CC(=O)O)c2)c1)c1ccccc1. The van der Waals surface area contributed by atoms with Gasteiger partial charge in [-0.25, -0.2) is 4.79 Å². The van der Waals surface area contributed by atoms with Crippen molar-refractivity contribution < 1.29 is 29.0 Å². The minimum Gasteiger partial charge on any atom is -0.484 e. The number of anilines is 3. The van der Waals surface area contributed by atoms with Crippen LogP contribution in [0.4, 0.5) is 21.9 Å². The molecule has 10 heteroatoms. The predicted octanol–water partition coefficient (Wildman–Crippen LogP) is 5.73. The Balaban J connectivity index is 1.15. The zero-order chi connectivity index (χ0) is 33.0. The van der Waals surface area contributed by atoms with Gasteiger partial charge in [-0.1, -0.05) is 36.4 Å². The van der Waals surface area contributed by atoms with E-state index in [9.17, 15) is 19.2 Å². The van der Waals surface area contributed by atoms with Crippen molar-refractivity contribution in [1.29, 1.82) is 0 Å². The quantitative estimate of drug-likeness (QED) is 0.233. The average Bonchev–Trinajstić information content (AvgIpc) is 3.04. The number of carboxylic acids is 1. The molecule has 0 atom stereocenters. The fourth-order valence-electron chi connectivity index (χ4n) is 8.28. The molecule has 3 aromatic rings. The molecule has 4 saturated carbocycles. The first kappa shape index (κ1) is 32.1. The minimum absolute atomic E-state index is 0.0441. The normalized spacial score (nSPS) is 22.3. The first-order valence-electron chi connectivity index (χ1n) is 16.4. The molecule has 4 aliphatic rings. The summed E-state index contributed by atoms with van der Waals surface area (Å²) in [4.78, 5) is 54.0. The van der Waals surface area contributed by atoms with E-state index < -0.39 is 12.0 Å². The van der Waals surface area contributed by atoms with E-state index in [0.717, 1.165) is 24.9 Å². The van der Waals surface area contributed by atoms with Gasteiger partial charge >= 0.3 is 12.0 Å². The van der Waals surface area contributed by atoms with Crippen molar-refractivity contribution in [3.63, 3.8) is 0 Å². The third-order valence-corrected chi connectivity index (χ3v) is 9.91. The van der Waals surface area contributed by atoms with Crippen molar-refractivity contribution in [3.05, 3.63) is 84.4 Å². The Morgan fingerprint density at radius 2 is 1.49 bits per heavy atom. The number of ether oxygens (including phenoxy) is 1. The maximum atomic E-state index is 13.9. The first-order chi connectivity index (χ1) is 22.6. The van der Waals surface area contributed by atoms with Crippen LogP contribution in [0.1, 0.15) is 44.1 Å². The zero-order valence-electron chi connectivity index (χ0n) is 26.7. The van der Waals surface area contributed by atoms with Gasteiger partial charge in [-0.3, -0.25) is 14.4 Å². The third kappa shape index (κ3) is 7.93. The lowest BCUT2D eigenvalue weighted by molar-refractivity contribution is -0.136. The topological polar surface area (TPSA) is 128 Å². The van der Waals surface area contributed by atoms with E-state index in [0.29, 0.717) is 47.0 Å². The Morgan fingerprint density at radius 3 is 2.17 bits per heavy atom. The Kier molecular flexibility index (Phi) is 9.47. The number of hydrogen-bond acceptors (Lipinski definition) is 5. The number of carbonyl (C=O) groups excluding carboxylic acids is 3. The van der Waals surface area contributed by atoms with Crippen LogP contribution in [0, 0.1) is 23.2 Å². The number of amides is 4. The molecule has 0 saturated heterocycles. The molecule has 4 amide bonds. The molecule has 0 aromatic heterocycles. The molecule has 47 heavy (non-hydrogen) atoms. The molecule has 0 aliphatic heterocycles. The molecule has 0 heterocycles. The van der Waals surface area contributed by atoms with E-state index in [1.807, 2.05) is 42.5 Å². The van der Waals surface area contributed by atoms with Gasteiger partial charge in [0, 0.05) is 36.7 Å². The molecule has 3 aromatic carbocycles. The Hall–Kier alpha value is -4.86. The molecule has 0 spiro atoms. The van der Waals surface area contributed by atoms with Crippen LogP contribution in [0.15, 0.2) is 78.9 Å². The molecule has 7 rings (SSSR count). The molecule has 0 radical (unpaired) electrons. The highest BCUT2D eigenvalue weighted by molar-refractivity contribution is 5.99. The number of hydrogen-bond donors (Lipinski definition) is 3. The monoisotopic (exact) mass is 638 g/mol. The second-order valence-electron chi connectivity index (χ2n) is 13.6. The Labute approximate surface area is 275 Å². The maximum Gasteiger partial charge on any atom is 0.319 e. The Morgan fingerprint density at radius 1 is 0.830 bits per heavy atom. The van der Waals surface area contributed by atoms with E-state index in [1.54, 1.807) is 53.2 Å². The summed E-state index contributed by atoms with van der Waals surface area (Å²) in [6.07, 6.45) is 7.04. The summed E-state index contributed by atoms with van der Waals surface area (Å²) in [5.74, 6) is 1.20. The van der Waals surface area contributed by atoms with Crippen LogP contribution in [0.3, 0.4) is 0 Å². The number of nitrogens with one attached hydrogen (secondary N) is 2. The van der Waals surface area contributed by atoms with E-state index in [1.165, 1.54) is 19.3 Å². The summed E-state index contributed by atoms with van der Waals surface area (Å²) in [6, 6.07) is 22.7. The largest absolute Gasteiger partial charge is 0.484 e. The fourth-order valence-corrected chi connectivity index (χ4v) is 8.28. The zero-order valence-corrected chi connectivity index (χ0v) is 26.7. The van der Waals surface area contributed by atoms with Crippen LogP contribution in [-0.4, -0.2) is 55.7 Å². The van der Waals surface area contributed by atoms with Crippen molar-refractivity contribution >= 4 is 40.9 Å². The highest BCUT2D eigenvalue weighted by atomic mass is 16.5. The van der Waals surface area contributed by atoms with E-state index in [2.05, 4.69) is 10.6 Å². The van der Waals surface area contributed by atoms with E-state index in [-0.39, 0.29) is 36.8 Å². The van der Waals surface area contributed by atoms with Gasteiger partial charge in [-0.05, 0) is 104 Å². The molecule has 4 aliphatic carbocycles. The van der Waals surface area contributed by atoms with Crippen molar-refractivity contribution in [2.24, 2.45) is 23.2 Å². The lowest BCUT2D eigenvalue weighted by atomic mass is 9.49. The number of para-hydroxylation sites is 1. The summed E-state index contributed by atoms with van der Waals surface area (Å²) in [5, 5.41) is 14.5. The second-order valence-corrected chi connectivity index (χ2v) is 13.6. The number of carbonyl (C=O) groups is 4. The molecular weight excluding hydrogens is 596 g/mol. The number of rotatable bonds is 12. The van der Waals surface area contributed by atoms with Crippen molar-refractivity contribution in [2.75, 3.05) is 41.9 Å². The number of carboxylic acid groups (broad SMARTS) is 1. The lowest BCUT2D eigenvalue weighted by Gasteiger charge is -2.57. The molecule has 4 fully saturated rings. The van der Waals surface area contributed by atoms with Crippen LogP contribution in [0.5, 0.6) is 5.75 Å². The molecule has 246 valence electrons. The van der Waals surface area contributed by atoms with Gasteiger partial charge in [0.1, 0.15) is 5.75 Å². The molecule has 10 nitrogen and oxygen atoms in total. The van der Waals surface area contributed by atoms with Gasteiger partial charge in [0.25, 0.3) is 5.91 Å². The minimum atomic E-state index is -0.961. The predicted molar refractivity (Wildman–Crippen MR) is 180 cm³/mol. The summed E-state index contributed by atoms with van der Waals surface area (Å²) >= 11 is 0. The van der Waals surface area contributed by atoms with Crippen LogP contribution in [0.2, 0.25) is 0 Å². The fraction of sp³-hybridized carbons (Fsp3) is 0.405. The molecule has 0 unspecified atom stereocenters. The van der Waals surface area contributed by atoms with E-state index in [4.69, 9.17) is 9.84 Å². The number of urea groups is 1. The van der Waals surface area contributed by atoms with Crippen molar-refractivity contribution in [2.45, 2.75) is 44.9 Å². The third-order valence-electron chi connectivity index (χ3n) is 9.91. The number of benzene rings is 3. The van der Waals surface area contributed by atoms with Crippen molar-refractivity contribution in [3.8, 4) is 5.75 Å². The van der Waals surface area contributed by atoms with Gasteiger partial charge in [-0.15, -0.1) is 0 Å². The maximum absolute atomic E-state index is 13.9. The summed E-state index contributed by atoms with van der Waals surface area (Å²) < 4.78 is 5.93. The van der Waals surface area contributed by atoms with E-state index >= 15 is 0 Å². The Bertz CT molecular complexity index is 1590. The van der Waals surface area contributed by atoms with Gasteiger partial charge in [0.05, 0.1) is 13.0 Å². The van der Waals surface area contributed by atoms with Gasteiger partial charge in [-0.2, -0.15) is 0 Å². The number of likely N-dealkylation sites (N-methyl/N-ethyl adjacent to an activating group) is 1. The van der Waals surface area contributed by atoms with Crippen LogP contribution >= 0.6 is 0 Å². The van der Waals surface area contributed by atoms with Gasteiger partial charge in [0.15, 0.2) is 6.61 Å². The smallest absolute Gasteiger partial charge is 0.319 e. The standard InChI is InChI=1S/C37H42N4O6/c1-40(30-9-3-2-4-10-30)34(43)23-47-32-12-6-11-31(18-32)41(24-37-19-26-13-27(20-37)15-28(14-26)21-37)33(42)22-38-36(46)39-29-8-5-7-25(16-29)17-35(44)45/h2-12,16,18,26-28H,13-15,17,19-24H2,1H3,(H,44,45)(H2,38,39,46). The van der Waals surface area contributed by atoms with Gasteiger partial charge in [0.2, 0.25) is 5.91 Å². The lowest BCUT2D eigenvalue weighted by Crippen LogP contribution is -2.53. The summed E-state index contributed by atoms with van der Waals surface area (Å²) in [5.41, 5.74) is 2.48. The molecule has 4 bridgehead atoms. The van der Waals surface area contributed by atoms with Gasteiger partial charge < -0.3 is 30.3 Å². The number of nitrogens with zero attached hydrogens (tertiary/aromatic N) is 2. The highest BCUT2D eigenvalue weighted by Gasteiger charge is 2.51. The molecule has 3 N–H and O–H groups in total. The average molecular weight is 639 g/mol. The second kappa shape index (κ2) is 13.9. The highest BCUT2D eigenvalue weighted by Crippen LogP contribution is 2.60. The summed E-state index contributed by atoms with van der Waals surface area (Å²) in [7, 11) is 1.71. The van der Waals surface area contributed by atoms with Crippen LogP contribution in [0.25, 0.3) is 0 Å². The van der Waals surface area contributed by atoms with Crippen LogP contribution < -0.4 is 25.2 Å².